The lowest BCUT2D eigenvalue weighted by molar-refractivity contribution is 0.281. The lowest BCUT2D eigenvalue weighted by Gasteiger charge is -2.46. The topological polar surface area (TPSA) is 6.48 Å². The Bertz CT molecular complexity index is 294. The van der Waals surface area contributed by atoms with E-state index in [0.29, 0.717) is 0 Å². The predicted octanol–water partition coefficient (Wildman–Crippen LogP) is 3.77. The minimum atomic E-state index is -1.07. The molecule has 106 valence electrons. The van der Waals surface area contributed by atoms with Crippen molar-refractivity contribution in [2.24, 2.45) is 0 Å². The van der Waals surface area contributed by atoms with E-state index in [1.807, 2.05) is 0 Å². The van der Waals surface area contributed by atoms with Gasteiger partial charge in [-0.15, -0.1) is 0 Å². The SMILES string of the molecule is CC(C)(C)N1C=CN(C(C)(C)C)[SiH]1C[Si](C)(C)C. The molecule has 1 heterocycles. The molecule has 0 fully saturated rings. The Morgan fingerprint density at radius 3 is 1.39 bits per heavy atom. The second kappa shape index (κ2) is 4.71. The average Bonchev–Trinajstić information content (AvgIpc) is 2.41. The number of rotatable bonds is 2. The molecule has 1 rings (SSSR count). The maximum atomic E-state index is 2.68. The van der Waals surface area contributed by atoms with Crippen LogP contribution >= 0.6 is 0 Å². The Kier molecular flexibility index (Phi) is 4.14. The molecule has 1 aliphatic heterocycles. The Hall–Kier alpha value is -0.226. The minimum absolute atomic E-state index is 0.257. The summed E-state index contributed by atoms with van der Waals surface area (Å²) in [5.74, 6) is 0. The van der Waals surface area contributed by atoms with E-state index < -0.39 is 17.2 Å². The van der Waals surface area contributed by atoms with Gasteiger partial charge >= 0.3 is 0 Å². The zero-order valence-corrected chi connectivity index (χ0v) is 16.0. The van der Waals surface area contributed by atoms with Crippen molar-refractivity contribution in [3.63, 3.8) is 0 Å². The molecule has 2 nitrogen and oxygen atoms in total. The summed E-state index contributed by atoms with van der Waals surface area (Å²) < 4.78 is 5.35. The molecule has 0 amide bonds. The second-order valence-corrected chi connectivity index (χ2v) is 17.5. The standard InChI is InChI=1S/C14H32N2Si2/c1-13(2,3)15-10-11-16(14(4,5)6)17(15)12-18(7,8)9/h10-11,17H,12H2,1-9H3. The van der Waals surface area contributed by atoms with Crippen LogP contribution in [-0.4, -0.2) is 37.4 Å². The van der Waals surface area contributed by atoms with E-state index in [2.05, 4.69) is 82.7 Å². The first-order valence-electron chi connectivity index (χ1n) is 7.08. The summed E-state index contributed by atoms with van der Waals surface area (Å²) in [6, 6.07) is 0. The van der Waals surface area contributed by atoms with Crippen LogP contribution in [0.5, 0.6) is 0 Å². The Balaban J connectivity index is 3.01. The maximum absolute atomic E-state index is 2.68. The smallest absolute Gasteiger partial charge is 0.245 e. The lowest BCUT2D eigenvalue weighted by Crippen LogP contribution is -2.58. The van der Waals surface area contributed by atoms with Crippen molar-refractivity contribution >= 4 is 17.2 Å². The van der Waals surface area contributed by atoms with Gasteiger partial charge in [0.2, 0.25) is 9.12 Å². The van der Waals surface area contributed by atoms with Crippen LogP contribution in [0.3, 0.4) is 0 Å². The third-order valence-electron chi connectivity index (χ3n) is 3.37. The molecule has 0 aromatic heterocycles. The van der Waals surface area contributed by atoms with Gasteiger partial charge in [-0.3, -0.25) is 0 Å². The van der Waals surface area contributed by atoms with Gasteiger partial charge in [0.25, 0.3) is 0 Å². The van der Waals surface area contributed by atoms with Gasteiger partial charge in [0.15, 0.2) is 0 Å². The number of nitrogens with zero attached hydrogens (tertiary/aromatic N) is 2. The van der Waals surface area contributed by atoms with E-state index >= 15 is 0 Å². The molecular formula is C14H32N2Si2. The molecule has 0 atom stereocenters. The summed E-state index contributed by atoms with van der Waals surface area (Å²) in [4.78, 5) is 0. The van der Waals surface area contributed by atoms with Crippen LogP contribution in [0.1, 0.15) is 41.5 Å². The van der Waals surface area contributed by atoms with Gasteiger partial charge in [0, 0.05) is 31.6 Å². The largest absolute Gasteiger partial charge is 0.384 e. The third-order valence-corrected chi connectivity index (χ3v) is 12.9. The monoisotopic (exact) mass is 284 g/mol. The van der Waals surface area contributed by atoms with Crippen molar-refractivity contribution < 1.29 is 0 Å². The van der Waals surface area contributed by atoms with Gasteiger partial charge in [0.1, 0.15) is 0 Å². The fourth-order valence-electron chi connectivity index (χ4n) is 2.56. The normalized spacial score (nSPS) is 18.9. The van der Waals surface area contributed by atoms with Crippen LogP contribution in [0.4, 0.5) is 0 Å². The summed E-state index contributed by atoms with van der Waals surface area (Å²) in [6.45, 7) is 21.5. The Morgan fingerprint density at radius 1 is 0.833 bits per heavy atom. The first-order chi connectivity index (χ1) is 7.82. The molecule has 0 saturated heterocycles. The average molecular weight is 285 g/mol. The quantitative estimate of drug-likeness (QED) is 0.712. The summed E-state index contributed by atoms with van der Waals surface area (Å²) >= 11 is 0. The highest BCUT2D eigenvalue weighted by molar-refractivity contribution is 6.86. The molecule has 0 unspecified atom stereocenters. The molecular weight excluding hydrogens is 252 g/mol. The first kappa shape index (κ1) is 15.8. The maximum Gasteiger partial charge on any atom is 0.245 e. The Labute approximate surface area is 117 Å². The molecule has 0 bridgehead atoms. The summed E-state index contributed by atoms with van der Waals surface area (Å²) in [6.07, 6.45) is 4.70. The molecule has 0 aromatic carbocycles. The van der Waals surface area contributed by atoms with E-state index in [1.165, 1.54) is 5.67 Å². The van der Waals surface area contributed by atoms with Crippen LogP contribution in [0, 0.1) is 0 Å². The highest BCUT2D eigenvalue weighted by atomic mass is 28.4. The molecule has 0 saturated carbocycles. The van der Waals surface area contributed by atoms with Gasteiger partial charge in [-0.25, -0.2) is 0 Å². The van der Waals surface area contributed by atoms with Crippen molar-refractivity contribution in [3.05, 3.63) is 12.4 Å². The van der Waals surface area contributed by atoms with Crippen LogP contribution in [0.15, 0.2) is 12.4 Å². The molecule has 0 aliphatic carbocycles. The molecule has 18 heavy (non-hydrogen) atoms. The van der Waals surface area contributed by atoms with Crippen LogP contribution in [0.2, 0.25) is 25.3 Å². The molecule has 1 aliphatic rings. The lowest BCUT2D eigenvalue weighted by atomic mass is 10.1. The van der Waals surface area contributed by atoms with E-state index in [9.17, 15) is 0 Å². The predicted molar refractivity (Wildman–Crippen MR) is 87.6 cm³/mol. The second-order valence-electron chi connectivity index (χ2n) is 8.70. The number of hydrogen-bond acceptors (Lipinski definition) is 2. The van der Waals surface area contributed by atoms with Crippen molar-refractivity contribution in [3.8, 4) is 0 Å². The van der Waals surface area contributed by atoms with Gasteiger partial charge in [-0.2, -0.15) is 0 Å². The van der Waals surface area contributed by atoms with Crippen LogP contribution < -0.4 is 0 Å². The first-order valence-corrected chi connectivity index (χ1v) is 12.6. The minimum Gasteiger partial charge on any atom is -0.384 e. The molecule has 0 radical (unpaired) electrons. The highest BCUT2D eigenvalue weighted by Gasteiger charge is 2.41. The van der Waals surface area contributed by atoms with E-state index in [4.69, 9.17) is 0 Å². The molecule has 0 spiro atoms. The summed E-state index contributed by atoms with van der Waals surface area (Å²) in [5.41, 5.74) is 1.97. The van der Waals surface area contributed by atoms with Crippen molar-refractivity contribution in [2.75, 3.05) is 0 Å². The fraction of sp³-hybridized carbons (Fsp3) is 0.857. The van der Waals surface area contributed by atoms with Crippen molar-refractivity contribution in [2.45, 2.75) is 77.9 Å². The molecule has 4 heteroatoms. The van der Waals surface area contributed by atoms with Crippen LogP contribution in [-0.2, 0) is 0 Å². The van der Waals surface area contributed by atoms with E-state index in [1.54, 1.807) is 0 Å². The van der Waals surface area contributed by atoms with Gasteiger partial charge < -0.3 is 9.13 Å². The van der Waals surface area contributed by atoms with Gasteiger partial charge in [-0.1, -0.05) is 19.6 Å². The number of hydrogen-bond donors (Lipinski definition) is 0. The van der Waals surface area contributed by atoms with Crippen molar-refractivity contribution in [1.29, 1.82) is 0 Å². The molecule has 0 N–H and O–H groups in total. The third kappa shape index (κ3) is 3.88. The molecule has 0 aromatic rings. The summed E-state index contributed by atoms with van der Waals surface area (Å²) in [7, 11) is -2.09. The highest BCUT2D eigenvalue weighted by Crippen LogP contribution is 2.32. The zero-order chi connectivity index (χ0) is 14.4. The zero-order valence-electron chi connectivity index (χ0n) is 13.8. The van der Waals surface area contributed by atoms with Gasteiger partial charge in [-0.05, 0) is 47.2 Å². The van der Waals surface area contributed by atoms with Crippen LogP contribution in [0.25, 0.3) is 0 Å². The summed E-state index contributed by atoms with van der Waals surface area (Å²) in [5, 5.41) is 0. The van der Waals surface area contributed by atoms with E-state index in [0.717, 1.165) is 0 Å². The van der Waals surface area contributed by atoms with E-state index in [-0.39, 0.29) is 11.1 Å². The fourth-order valence-corrected chi connectivity index (χ4v) is 11.1. The van der Waals surface area contributed by atoms with Gasteiger partial charge in [0.05, 0.1) is 0 Å². The Morgan fingerprint density at radius 2 is 1.17 bits per heavy atom. The van der Waals surface area contributed by atoms with Crippen molar-refractivity contribution in [1.82, 2.24) is 9.13 Å².